The molecule has 0 heterocycles. The first-order chi connectivity index (χ1) is 5.54. The van der Waals surface area contributed by atoms with Gasteiger partial charge in [-0.3, -0.25) is 4.79 Å². The van der Waals surface area contributed by atoms with Crippen LogP contribution in [0.5, 0.6) is 0 Å². The number of rotatable bonds is 4. The van der Waals surface area contributed by atoms with Gasteiger partial charge in [0, 0.05) is 12.5 Å². The van der Waals surface area contributed by atoms with Crippen LogP contribution in [0.15, 0.2) is 0 Å². The average Bonchev–Trinajstić information content (AvgIpc) is 2.65. The molecule has 0 aromatic heterocycles. The van der Waals surface area contributed by atoms with Crippen molar-refractivity contribution in [2.75, 3.05) is 13.7 Å². The maximum Gasteiger partial charge on any atom is 0.307 e. The van der Waals surface area contributed by atoms with Gasteiger partial charge in [0.15, 0.2) is 0 Å². The fourth-order valence-electron chi connectivity index (χ4n) is 1.89. The molecular weight excluding hydrogens is 156 g/mol. The minimum Gasteiger partial charge on any atom is -0.481 e. The van der Waals surface area contributed by atoms with E-state index in [1.807, 2.05) is 0 Å². The Bertz CT molecular complexity index is 188. The van der Waals surface area contributed by atoms with Gasteiger partial charge in [-0.05, 0) is 12.3 Å². The summed E-state index contributed by atoms with van der Waals surface area (Å²) in [6.45, 7) is 4.69. The van der Waals surface area contributed by atoms with E-state index in [2.05, 4.69) is 13.8 Å². The topological polar surface area (TPSA) is 46.5 Å². The number of carbonyl (C=O) groups is 1. The Morgan fingerprint density at radius 3 is 2.58 bits per heavy atom. The largest absolute Gasteiger partial charge is 0.481 e. The molecule has 12 heavy (non-hydrogen) atoms. The van der Waals surface area contributed by atoms with Crippen LogP contribution in [-0.2, 0) is 9.53 Å². The van der Waals surface area contributed by atoms with Crippen LogP contribution in [0, 0.1) is 17.3 Å². The molecule has 1 fully saturated rings. The predicted octanol–water partition coefficient (Wildman–Crippen LogP) is 1.38. The molecule has 1 rings (SSSR count). The van der Waals surface area contributed by atoms with E-state index in [9.17, 15) is 4.79 Å². The lowest BCUT2D eigenvalue weighted by Crippen LogP contribution is -2.22. The van der Waals surface area contributed by atoms with E-state index in [4.69, 9.17) is 9.84 Å². The number of aliphatic carboxylic acids is 1. The predicted molar refractivity (Wildman–Crippen MR) is 44.9 cm³/mol. The van der Waals surface area contributed by atoms with Gasteiger partial charge in [-0.1, -0.05) is 13.8 Å². The Morgan fingerprint density at radius 1 is 1.75 bits per heavy atom. The summed E-state index contributed by atoms with van der Waals surface area (Å²) < 4.78 is 5.05. The summed E-state index contributed by atoms with van der Waals surface area (Å²) in [7, 11) is 1.63. The molecule has 0 radical (unpaired) electrons. The second kappa shape index (κ2) is 3.05. The van der Waals surface area contributed by atoms with E-state index in [0.717, 1.165) is 6.42 Å². The summed E-state index contributed by atoms with van der Waals surface area (Å²) in [4.78, 5) is 10.7. The van der Waals surface area contributed by atoms with Crippen molar-refractivity contribution >= 4 is 5.97 Å². The van der Waals surface area contributed by atoms with Gasteiger partial charge in [0.2, 0.25) is 0 Å². The molecule has 70 valence electrons. The van der Waals surface area contributed by atoms with Gasteiger partial charge in [0.05, 0.1) is 12.5 Å². The minimum atomic E-state index is -0.680. The Labute approximate surface area is 72.7 Å². The van der Waals surface area contributed by atoms with E-state index in [0.29, 0.717) is 12.5 Å². The van der Waals surface area contributed by atoms with Gasteiger partial charge in [-0.25, -0.2) is 0 Å². The van der Waals surface area contributed by atoms with Crippen molar-refractivity contribution in [2.24, 2.45) is 17.3 Å². The zero-order valence-corrected chi connectivity index (χ0v) is 7.83. The highest BCUT2D eigenvalue weighted by atomic mass is 16.5. The average molecular weight is 172 g/mol. The van der Waals surface area contributed by atoms with Crippen LogP contribution >= 0.6 is 0 Å². The molecule has 0 aliphatic heterocycles. The third-order valence-corrected chi connectivity index (χ3v) is 2.98. The standard InChI is InChI=1S/C9H16O3/c1-6(2)9(5-12-3)4-7(9)8(10)11/h6-7H,4-5H2,1-3H3,(H,10,11). The second-order valence-corrected chi connectivity index (χ2v) is 3.92. The lowest BCUT2D eigenvalue weighted by molar-refractivity contribution is -0.140. The minimum absolute atomic E-state index is 0.0828. The van der Waals surface area contributed by atoms with E-state index < -0.39 is 5.97 Å². The summed E-state index contributed by atoms with van der Waals surface area (Å²) >= 11 is 0. The first kappa shape index (κ1) is 9.52. The maximum absolute atomic E-state index is 10.7. The van der Waals surface area contributed by atoms with Crippen LogP contribution in [-0.4, -0.2) is 24.8 Å². The maximum atomic E-state index is 10.7. The molecule has 1 N–H and O–H groups in total. The summed E-state index contributed by atoms with van der Waals surface area (Å²) in [5.41, 5.74) is -0.0828. The number of ether oxygens (including phenoxy) is 1. The normalized spacial score (nSPS) is 33.8. The molecule has 1 saturated carbocycles. The third kappa shape index (κ3) is 1.33. The van der Waals surface area contributed by atoms with Crippen LogP contribution in [0.4, 0.5) is 0 Å². The third-order valence-electron chi connectivity index (χ3n) is 2.98. The molecule has 1 aliphatic carbocycles. The molecule has 0 aromatic rings. The Hall–Kier alpha value is -0.570. The number of carboxylic acids is 1. The lowest BCUT2D eigenvalue weighted by atomic mass is 9.90. The molecule has 1 aliphatic rings. The van der Waals surface area contributed by atoms with Crippen molar-refractivity contribution in [3.05, 3.63) is 0 Å². The number of hydrogen-bond acceptors (Lipinski definition) is 2. The van der Waals surface area contributed by atoms with Crippen molar-refractivity contribution in [3.8, 4) is 0 Å². The fraction of sp³-hybridized carbons (Fsp3) is 0.889. The quantitative estimate of drug-likeness (QED) is 0.696. The zero-order valence-electron chi connectivity index (χ0n) is 7.83. The Morgan fingerprint density at radius 2 is 2.33 bits per heavy atom. The lowest BCUT2D eigenvalue weighted by Gasteiger charge is -2.19. The zero-order chi connectivity index (χ0) is 9.35. The van der Waals surface area contributed by atoms with Crippen molar-refractivity contribution in [2.45, 2.75) is 20.3 Å². The SMILES string of the molecule is COCC1(C(C)C)CC1C(=O)O. The fourth-order valence-corrected chi connectivity index (χ4v) is 1.89. The van der Waals surface area contributed by atoms with Gasteiger partial charge in [0.1, 0.15) is 0 Å². The van der Waals surface area contributed by atoms with Crippen molar-refractivity contribution < 1.29 is 14.6 Å². The van der Waals surface area contributed by atoms with Crippen LogP contribution in [0.25, 0.3) is 0 Å². The Balaban J connectivity index is 2.62. The number of carboxylic acid groups (broad SMARTS) is 1. The van der Waals surface area contributed by atoms with E-state index >= 15 is 0 Å². The molecule has 0 bridgehead atoms. The first-order valence-corrected chi connectivity index (χ1v) is 4.26. The van der Waals surface area contributed by atoms with Crippen molar-refractivity contribution in [1.82, 2.24) is 0 Å². The van der Waals surface area contributed by atoms with E-state index in [1.54, 1.807) is 7.11 Å². The van der Waals surface area contributed by atoms with Gasteiger partial charge >= 0.3 is 5.97 Å². The van der Waals surface area contributed by atoms with Crippen molar-refractivity contribution in [3.63, 3.8) is 0 Å². The molecule has 3 heteroatoms. The highest BCUT2D eigenvalue weighted by Gasteiger charge is 2.60. The van der Waals surface area contributed by atoms with Gasteiger partial charge in [-0.15, -0.1) is 0 Å². The van der Waals surface area contributed by atoms with Crippen LogP contribution < -0.4 is 0 Å². The van der Waals surface area contributed by atoms with Gasteiger partial charge in [0.25, 0.3) is 0 Å². The van der Waals surface area contributed by atoms with E-state index in [1.165, 1.54) is 0 Å². The molecule has 3 nitrogen and oxygen atoms in total. The monoisotopic (exact) mass is 172 g/mol. The van der Waals surface area contributed by atoms with Crippen LogP contribution in [0.2, 0.25) is 0 Å². The molecule has 0 spiro atoms. The summed E-state index contributed by atoms with van der Waals surface area (Å²) in [5, 5.41) is 8.81. The Kier molecular flexibility index (Phi) is 2.42. The smallest absolute Gasteiger partial charge is 0.307 e. The van der Waals surface area contributed by atoms with Crippen molar-refractivity contribution in [1.29, 1.82) is 0 Å². The summed E-state index contributed by atoms with van der Waals surface area (Å²) in [6, 6.07) is 0. The highest BCUT2D eigenvalue weighted by Crippen LogP contribution is 2.57. The van der Waals surface area contributed by atoms with Crippen LogP contribution in [0.3, 0.4) is 0 Å². The summed E-state index contributed by atoms with van der Waals surface area (Å²) in [5.74, 6) is -0.475. The first-order valence-electron chi connectivity index (χ1n) is 4.26. The number of hydrogen-bond donors (Lipinski definition) is 1. The molecule has 2 atom stereocenters. The van der Waals surface area contributed by atoms with Crippen LogP contribution in [0.1, 0.15) is 20.3 Å². The summed E-state index contributed by atoms with van der Waals surface area (Å²) in [6.07, 6.45) is 0.772. The molecule has 0 saturated heterocycles. The molecule has 0 amide bonds. The van der Waals surface area contributed by atoms with Gasteiger partial charge < -0.3 is 9.84 Å². The highest BCUT2D eigenvalue weighted by molar-refractivity contribution is 5.74. The second-order valence-electron chi connectivity index (χ2n) is 3.92. The number of methoxy groups -OCH3 is 1. The van der Waals surface area contributed by atoms with Gasteiger partial charge in [-0.2, -0.15) is 0 Å². The molecular formula is C9H16O3. The molecule has 0 aromatic carbocycles. The molecule has 2 unspecified atom stereocenters. The van der Waals surface area contributed by atoms with E-state index in [-0.39, 0.29) is 11.3 Å².